The number of furan rings is 1. The summed E-state index contributed by atoms with van der Waals surface area (Å²) in [7, 11) is 0. The SMILES string of the molecule is CCC(CC1CC1)NC(C)c1ccc(C)o1. The molecule has 16 heavy (non-hydrogen) atoms. The Kier molecular flexibility index (Phi) is 3.70. The van der Waals surface area contributed by atoms with E-state index in [-0.39, 0.29) is 0 Å². The summed E-state index contributed by atoms with van der Waals surface area (Å²) in [5, 5.41) is 3.67. The lowest BCUT2D eigenvalue weighted by Crippen LogP contribution is -2.31. The van der Waals surface area contributed by atoms with Crippen molar-refractivity contribution in [1.82, 2.24) is 5.32 Å². The topological polar surface area (TPSA) is 25.2 Å². The molecule has 0 aliphatic heterocycles. The maximum atomic E-state index is 5.65. The third-order valence-corrected chi connectivity index (χ3v) is 3.48. The van der Waals surface area contributed by atoms with Crippen molar-refractivity contribution in [3.05, 3.63) is 23.7 Å². The van der Waals surface area contributed by atoms with Gasteiger partial charge >= 0.3 is 0 Å². The molecule has 2 atom stereocenters. The van der Waals surface area contributed by atoms with E-state index < -0.39 is 0 Å². The van der Waals surface area contributed by atoms with E-state index in [1.807, 2.05) is 13.0 Å². The van der Waals surface area contributed by atoms with Crippen molar-refractivity contribution in [3.8, 4) is 0 Å². The van der Waals surface area contributed by atoms with Gasteiger partial charge in [0.2, 0.25) is 0 Å². The van der Waals surface area contributed by atoms with Gasteiger partial charge in [-0.3, -0.25) is 0 Å². The normalized spacial score (nSPS) is 19.7. The van der Waals surface area contributed by atoms with Crippen LogP contribution in [-0.4, -0.2) is 6.04 Å². The zero-order chi connectivity index (χ0) is 11.5. The zero-order valence-electron chi connectivity index (χ0n) is 10.6. The molecule has 1 aromatic rings. The minimum absolute atomic E-state index is 0.331. The first-order chi connectivity index (χ1) is 7.69. The highest BCUT2D eigenvalue weighted by atomic mass is 16.3. The van der Waals surface area contributed by atoms with Gasteiger partial charge in [0.25, 0.3) is 0 Å². The van der Waals surface area contributed by atoms with E-state index in [1.165, 1.54) is 25.7 Å². The molecule has 0 aromatic carbocycles. The molecule has 1 fully saturated rings. The summed E-state index contributed by atoms with van der Waals surface area (Å²) >= 11 is 0. The minimum Gasteiger partial charge on any atom is -0.465 e. The molecule has 1 aliphatic rings. The predicted molar refractivity (Wildman–Crippen MR) is 66.4 cm³/mol. The molecule has 90 valence electrons. The third kappa shape index (κ3) is 3.11. The lowest BCUT2D eigenvalue weighted by Gasteiger charge is -2.20. The Balaban J connectivity index is 1.86. The molecule has 0 bridgehead atoms. The molecule has 2 nitrogen and oxygen atoms in total. The van der Waals surface area contributed by atoms with E-state index in [0.717, 1.165) is 17.4 Å². The minimum atomic E-state index is 0.331. The average molecular weight is 221 g/mol. The van der Waals surface area contributed by atoms with Gasteiger partial charge < -0.3 is 9.73 Å². The Labute approximate surface area is 98.4 Å². The van der Waals surface area contributed by atoms with Crippen molar-refractivity contribution in [2.45, 2.75) is 58.5 Å². The van der Waals surface area contributed by atoms with E-state index in [9.17, 15) is 0 Å². The smallest absolute Gasteiger partial charge is 0.120 e. The molecule has 0 saturated heterocycles. The first kappa shape index (κ1) is 11.7. The second kappa shape index (κ2) is 5.05. The first-order valence-electron chi connectivity index (χ1n) is 6.51. The van der Waals surface area contributed by atoms with E-state index in [4.69, 9.17) is 4.42 Å². The fourth-order valence-electron chi connectivity index (χ4n) is 2.23. The molecule has 0 spiro atoms. The number of hydrogen-bond donors (Lipinski definition) is 1. The van der Waals surface area contributed by atoms with Gasteiger partial charge in [-0.05, 0) is 44.7 Å². The van der Waals surface area contributed by atoms with Gasteiger partial charge in [0.15, 0.2) is 0 Å². The number of hydrogen-bond acceptors (Lipinski definition) is 2. The summed E-state index contributed by atoms with van der Waals surface area (Å²) in [6, 6.07) is 5.09. The van der Waals surface area contributed by atoms with Crippen LogP contribution in [0.5, 0.6) is 0 Å². The summed E-state index contributed by atoms with van der Waals surface area (Å²) in [4.78, 5) is 0. The lowest BCUT2D eigenvalue weighted by molar-refractivity contribution is 0.355. The number of nitrogens with one attached hydrogen (secondary N) is 1. The van der Waals surface area contributed by atoms with Crippen LogP contribution in [0.25, 0.3) is 0 Å². The highest BCUT2D eigenvalue weighted by Crippen LogP contribution is 2.34. The van der Waals surface area contributed by atoms with Gasteiger partial charge in [0, 0.05) is 6.04 Å². The molecule has 2 heteroatoms. The molecule has 0 radical (unpaired) electrons. The van der Waals surface area contributed by atoms with Crippen LogP contribution in [0.15, 0.2) is 16.5 Å². The van der Waals surface area contributed by atoms with Crippen molar-refractivity contribution in [2.75, 3.05) is 0 Å². The Morgan fingerprint density at radius 3 is 2.69 bits per heavy atom. The third-order valence-electron chi connectivity index (χ3n) is 3.48. The molecule has 1 aromatic heterocycles. The van der Waals surface area contributed by atoms with E-state index >= 15 is 0 Å². The second-order valence-corrected chi connectivity index (χ2v) is 5.12. The van der Waals surface area contributed by atoms with Crippen molar-refractivity contribution in [3.63, 3.8) is 0 Å². The van der Waals surface area contributed by atoms with Crippen molar-refractivity contribution in [2.24, 2.45) is 5.92 Å². The largest absolute Gasteiger partial charge is 0.465 e. The summed E-state index contributed by atoms with van der Waals surface area (Å²) in [6.45, 7) is 6.45. The quantitative estimate of drug-likeness (QED) is 0.790. The Morgan fingerprint density at radius 2 is 2.19 bits per heavy atom. The van der Waals surface area contributed by atoms with Crippen LogP contribution < -0.4 is 5.32 Å². The Morgan fingerprint density at radius 1 is 1.44 bits per heavy atom. The first-order valence-corrected chi connectivity index (χ1v) is 6.51. The van der Waals surface area contributed by atoms with Crippen LogP contribution in [0.1, 0.15) is 57.1 Å². The lowest BCUT2D eigenvalue weighted by atomic mass is 10.1. The van der Waals surface area contributed by atoms with Gasteiger partial charge in [-0.2, -0.15) is 0 Å². The zero-order valence-corrected chi connectivity index (χ0v) is 10.6. The maximum Gasteiger partial charge on any atom is 0.120 e. The van der Waals surface area contributed by atoms with Gasteiger partial charge in [0.05, 0.1) is 6.04 Å². The molecule has 0 amide bonds. The van der Waals surface area contributed by atoms with Crippen LogP contribution >= 0.6 is 0 Å². The fraction of sp³-hybridized carbons (Fsp3) is 0.714. The number of aryl methyl sites for hydroxylation is 1. The molecular weight excluding hydrogens is 198 g/mol. The van der Waals surface area contributed by atoms with Crippen LogP contribution in [0, 0.1) is 12.8 Å². The van der Waals surface area contributed by atoms with Gasteiger partial charge in [-0.15, -0.1) is 0 Å². The standard InChI is InChI=1S/C14H23NO/c1-4-13(9-12-6-7-12)15-11(3)14-8-5-10(2)16-14/h5,8,11-13,15H,4,6-7,9H2,1-3H3. The van der Waals surface area contributed by atoms with Gasteiger partial charge in [-0.1, -0.05) is 19.8 Å². The van der Waals surface area contributed by atoms with Crippen molar-refractivity contribution >= 4 is 0 Å². The monoisotopic (exact) mass is 221 g/mol. The number of rotatable bonds is 6. The molecular formula is C14H23NO. The van der Waals surface area contributed by atoms with Crippen LogP contribution in [-0.2, 0) is 0 Å². The molecule has 2 rings (SSSR count). The Bertz CT molecular complexity index is 327. The van der Waals surface area contributed by atoms with E-state index in [0.29, 0.717) is 12.1 Å². The summed E-state index contributed by atoms with van der Waals surface area (Å²) < 4.78 is 5.65. The fourth-order valence-corrected chi connectivity index (χ4v) is 2.23. The predicted octanol–water partition coefficient (Wildman–Crippen LogP) is 3.82. The average Bonchev–Trinajstić information content (AvgIpc) is 2.97. The van der Waals surface area contributed by atoms with Crippen molar-refractivity contribution < 1.29 is 4.42 Å². The van der Waals surface area contributed by atoms with E-state index in [1.54, 1.807) is 0 Å². The Hall–Kier alpha value is -0.760. The summed E-state index contributed by atoms with van der Waals surface area (Å²) in [5.41, 5.74) is 0. The highest BCUT2D eigenvalue weighted by molar-refractivity contribution is 5.09. The van der Waals surface area contributed by atoms with Gasteiger partial charge in [0.1, 0.15) is 11.5 Å². The molecule has 1 aliphatic carbocycles. The van der Waals surface area contributed by atoms with Gasteiger partial charge in [-0.25, -0.2) is 0 Å². The molecule has 1 saturated carbocycles. The van der Waals surface area contributed by atoms with Crippen LogP contribution in [0.4, 0.5) is 0 Å². The maximum absolute atomic E-state index is 5.65. The molecule has 1 N–H and O–H groups in total. The highest BCUT2D eigenvalue weighted by Gasteiger charge is 2.25. The summed E-state index contributed by atoms with van der Waals surface area (Å²) in [6.07, 6.45) is 5.42. The summed E-state index contributed by atoms with van der Waals surface area (Å²) in [5.74, 6) is 3.05. The van der Waals surface area contributed by atoms with Crippen molar-refractivity contribution in [1.29, 1.82) is 0 Å². The molecule has 1 heterocycles. The van der Waals surface area contributed by atoms with E-state index in [2.05, 4.69) is 25.2 Å². The molecule has 2 unspecified atom stereocenters. The second-order valence-electron chi connectivity index (χ2n) is 5.12. The van der Waals surface area contributed by atoms with Crippen LogP contribution in [0.3, 0.4) is 0 Å². The van der Waals surface area contributed by atoms with Crippen LogP contribution in [0.2, 0.25) is 0 Å².